The molecule has 0 aromatic heterocycles. The van der Waals surface area contributed by atoms with Gasteiger partial charge in [-0.2, -0.15) is 0 Å². The van der Waals surface area contributed by atoms with Gasteiger partial charge in [-0.15, -0.1) is 0 Å². The molecular formula is C40H52O4. The first-order chi connectivity index (χ1) is 21.7. The quantitative estimate of drug-likeness (QED) is 0.195. The van der Waals surface area contributed by atoms with Crippen molar-refractivity contribution in [2.75, 3.05) is 26.4 Å². The highest BCUT2D eigenvalue weighted by atomic mass is 16.5. The Balaban J connectivity index is 1.69. The van der Waals surface area contributed by atoms with Crippen LogP contribution in [-0.4, -0.2) is 32.5 Å². The van der Waals surface area contributed by atoms with Crippen LogP contribution in [0.4, 0.5) is 0 Å². The minimum Gasteiger partial charge on any atom is -0.493 e. The van der Waals surface area contributed by atoms with E-state index >= 15 is 0 Å². The van der Waals surface area contributed by atoms with Crippen molar-refractivity contribution in [3.05, 3.63) is 99.6 Å². The van der Waals surface area contributed by atoms with Crippen molar-refractivity contribution in [1.29, 1.82) is 0 Å². The van der Waals surface area contributed by atoms with Gasteiger partial charge in [0.2, 0.25) is 0 Å². The van der Waals surface area contributed by atoms with Gasteiger partial charge in [0, 0.05) is 19.4 Å². The van der Waals surface area contributed by atoms with E-state index < -0.39 is 0 Å². The Morgan fingerprint density at radius 1 is 0.545 bits per heavy atom. The van der Waals surface area contributed by atoms with Crippen LogP contribution in [0.25, 0.3) is 0 Å². The van der Waals surface area contributed by atoms with E-state index in [1.165, 1.54) is 39.0 Å². The molecule has 0 radical (unpaired) electrons. The summed E-state index contributed by atoms with van der Waals surface area (Å²) in [5, 5.41) is 0. The van der Waals surface area contributed by atoms with Crippen molar-refractivity contribution in [2.45, 2.75) is 98.0 Å². The third-order valence-electron chi connectivity index (χ3n) is 8.76. The summed E-state index contributed by atoms with van der Waals surface area (Å²) in [5.74, 6) is 3.49. The van der Waals surface area contributed by atoms with Crippen molar-refractivity contribution in [3.8, 4) is 17.2 Å². The van der Waals surface area contributed by atoms with Crippen LogP contribution in [0, 0.1) is 5.92 Å². The molecule has 0 N–H and O–H groups in total. The molecule has 44 heavy (non-hydrogen) atoms. The smallest absolute Gasteiger partial charge is 0.126 e. The van der Waals surface area contributed by atoms with E-state index in [-0.39, 0.29) is 6.10 Å². The molecule has 236 valence electrons. The molecule has 8 bridgehead atoms. The normalized spacial score (nSPS) is 18.0. The van der Waals surface area contributed by atoms with Gasteiger partial charge in [-0.3, -0.25) is 0 Å². The third-order valence-corrected chi connectivity index (χ3v) is 8.76. The molecule has 3 aromatic carbocycles. The van der Waals surface area contributed by atoms with E-state index in [4.69, 9.17) is 18.9 Å². The summed E-state index contributed by atoms with van der Waals surface area (Å²) in [7, 11) is 0. The lowest BCUT2D eigenvalue weighted by molar-refractivity contribution is 0.0283. The molecule has 0 saturated carbocycles. The number of fused-ring (bicyclic) bond motifs is 8. The Bertz CT molecular complexity index is 1390. The molecule has 2 atom stereocenters. The second kappa shape index (κ2) is 16.2. The topological polar surface area (TPSA) is 36.9 Å². The first-order valence-corrected chi connectivity index (χ1v) is 17.2. The molecule has 2 aliphatic carbocycles. The lowest BCUT2D eigenvalue weighted by Crippen LogP contribution is -2.32. The van der Waals surface area contributed by atoms with Crippen LogP contribution in [0.5, 0.6) is 17.2 Å². The number of hydrogen-bond acceptors (Lipinski definition) is 4. The molecule has 3 aromatic rings. The monoisotopic (exact) mass is 596 g/mol. The molecular weight excluding hydrogens is 544 g/mol. The fourth-order valence-corrected chi connectivity index (χ4v) is 6.78. The maximum Gasteiger partial charge on any atom is 0.126 e. The van der Waals surface area contributed by atoms with Gasteiger partial charge in [0.05, 0.1) is 25.9 Å². The van der Waals surface area contributed by atoms with Crippen LogP contribution in [0.1, 0.15) is 99.6 Å². The van der Waals surface area contributed by atoms with Crippen LogP contribution >= 0.6 is 0 Å². The van der Waals surface area contributed by atoms with Gasteiger partial charge >= 0.3 is 0 Å². The lowest BCUT2D eigenvalue weighted by Gasteiger charge is -2.34. The summed E-state index contributed by atoms with van der Waals surface area (Å²) in [6, 6.07) is 20.1. The molecule has 5 rings (SSSR count). The highest BCUT2D eigenvalue weighted by Crippen LogP contribution is 2.40. The number of para-hydroxylation sites is 3. The Morgan fingerprint density at radius 3 is 1.45 bits per heavy atom. The van der Waals surface area contributed by atoms with Crippen molar-refractivity contribution in [3.63, 3.8) is 0 Å². The molecule has 0 heterocycles. The van der Waals surface area contributed by atoms with Gasteiger partial charge < -0.3 is 18.9 Å². The lowest BCUT2D eigenvalue weighted by atomic mass is 9.79. The molecule has 4 nitrogen and oxygen atoms in total. The molecule has 0 spiro atoms. The molecule has 0 aliphatic heterocycles. The minimum atomic E-state index is 0.0868. The van der Waals surface area contributed by atoms with Gasteiger partial charge in [-0.25, -0.2) is 0 Å². The highest BCUT2D eigenvalue weighted by Gasteiger charge is 2.31. The van der Waals surface area contributed by atoms with E-state index in [0.717, 1.165) is 88.1 Å². The summed E-state index contributed by atoms with van der Waals surface area (Å²) in [4.78, 5) is 0. The van der Waals surface area contributed by atoms with Crippen LogP contribution in [0.15, 0.2) is 66.2 Å². The van der Waals surface area contributed by atoms with Gasteiger partial charge in [0.15, 0.2) is 0 Å². The number of allylic oxidation sites excluding steroid dienone is 1. The summed E-state index contributed by atoms with van der Waals surface area (Å²) in [6.07, 6.45) is 12.0. The maximum absolute atomic E-state index is 6.71. The van der Waals surface area contributed by atoms with Crippen molar-refractivity contribution < 1.29 is 18.9 Å². The molecule has 0 amide bonds. The van der Waals surface area contributed by atoms with Gasteiger partial charge in [0.25, 0.3) is 0 Å². The standard InChI is InChI=1S/C40H52O4/c1-5-21-41-37-29-13-9-14-30(37)26-32-16-11-18-34(39(32)43-23-7-3)28-36-20-12-19-35(40(36)44-24-8-4)27-33-17-10-15-31(25-29)38(33)42-22-6-2/h9-11,13-19,36,40H,5-8,12,20-28H2,1-4H3/t36-,40-/m1/s1. The number of rotatable bonds is 12. The van der Waals surface area contributed by atoms with Crippen LogP contribution in [0.2, 0.25) is 0 Å². The third kappa shape index (κ3) is 7.69. The van der Waals surface area contributed by atoms with E-state index in [1.54, 1.807) is 0 Å². The summed E-state index contributed by atoms with van der Waals surface area (Å²) >= 11 is 0. The minimum absolute atomic E-state index is 0.0868. The maximum atomic E-state index is 6.71. The summed E-state index contributed by atoms with van der Waals surface area (Å²) in [6.45, 7) is 11.6. The zero-order valence-corrected chi connectivity index (χ0v) is 27.5. The predicted molar refractivity (Wildman–Crippen MR) is 181 cm³/mol. The highest BCUT2D eigenvalue weighted by molar-refractivity contribution is 5.53. The van der Waals surface area contributed by atoms with Crippen LogP contribution < -0.4 is 14.2 Å². The molecule has 0 saturated heterocycles. The zero-order valence-electron chi connectivity index (χ0n) is 27.5. The van der Waals surface area contributed by atoms with E-state index in [2.05, 4.69) is 88.4 Å². The van der Waals surface area contributed by atoms with Crippen LogP contribution in [0.3, 0.4) is 0 Å². The molecule has 0 unspecified atom stereocenters. The molecule has 4 heteroatoms. The van der Waals surface area contributed by atoms with Gasteiger partial charge in [-0.1, -0.05) is 88.4 Å². The van der Waals surface area contributed by atoms with E-state index in [0.29, 0.717) is 25.7 Å². The van der Waals surface area contributed by atoms with Crippen LogP contribution in [-0.2, 0) is 30.4 Å². The SMILES string of the molecule is CCCOc1c2cccc1Cc1cccc(c1OCCC)Cc1cccc(c1OCCC)C[C@H]1CCC=C(C2)[C@H]1OCCC. The summed E-state index contributed by atoms with van der Waals surface area (Å²) in [5.41, 5.74) is 8.79. The second-order valence-electron chi connectivity index (χ2n) is 12.4. The van der Waals surface area contributed by atoms with Gasteiger partial charge in [-0.05, 0) is 96.2 Å². The Morgan fingerprint density at radius 2 is 0.977 bits per heavy atom. The first kappa shape index (κ1) is 32.2. The molecule has 0 fully saturated rings. The number of benzene rings is 3. The fraction of sp³-hybridized carbons (Fsp3) is 0.500. The van der Waals surface area contributed by atoms with Gasteiger partial charge in [0.1, 0.15) is 17.2 Å². The van der Waals surface area contributed by atoms with E-state index in [9.17, 15) is 0 Å². The number of hydrogen-bond donors (Lipinski definition) is 0. The Labute approximate surface area is 265 Å². The van der Waals surface area contributed by atoms with E-state index in [1.807, 2.05) is 0 Å². The Hall–Kier alpha value is -3.24. The van der Waals surface area contributed by atoms with Crippen molar-refractivity contribution in [1.82, 2.24) is 0 Å². The average Bonchev–Trinajstić information content (AvgIpc) is 3.03. The average molecular weight is 597 g/mol. The largest absolute Gasteiger partial charge is 0.493 e. The van der Waals surface area contributed by atoms with Crippen molar-refractivity contribution in [2.24, 2.45) is 5.92 Å². The molecule has 2 aliphatic rings. The first-order valence-electron chi connectivity index (χ1n) is 17.2. The fourth-order valence-electron chi connectivity index (χ4n) is 6.78. The Kier molecular flexibility index (Phi) is 11.8. The number of ether oxygens (including phenoxy) is 4. The zero-order chi connectivity index (χ0) is 30.7. The predicted octanol–water partition coefficient (Wildman–Crippen LogP) is 9.46. The van der Waals surface area contributed by atoms with Crippen molar-refractivity contribution >= 4 is 0 Å². The summed E-state index contributed by atoms with van der Waals surface area (Å²) < 4.78 is 26.4. The second-order valence-corrected chi connectivity index (χ2v) is 12.4.